The van der Waals surface area contributed by atoms with Crippen molar-refractivity contribution < 1.29 is 4.79 Å². The van der Waals surface area contributed by atoms with Gasteiger partial charge in [0.1, 0.15) is 0 Å². The molecule has 1 saturated carbocycles. The molecule has 0 saturated heterocycles. The van der Waals surface area contributed by atoms with E-state index in [0.717, 1.165) is 6.42 Å². The number of nitrogens with zero attached hydrogens (tertiary/aromatic N) is 1. The van der Waals surface area contributed by atoms with Crippen LogP contribution in [0.15, 0.2) is 4.99 Å². The second kappa shape index (κ2) is 4.27. The molecule has 0 aliphatic heterocycles. The first-order chi connectivity index (χ1) is 6.45. The van der Waals surface area contributed by atoms with Gasteiger partial charge in [-0.05, 0) is 30.1 Å². The van der Waals surface area contributed by atoms with Crippen molar-refractivity contribution in [2.75, 3.05) is 0 Å². The molecule has 1 fully saturated rings. The minimum atomic E-state index is 0.205. The van der Waals surface area contributed by atoms with Crippen LogP contribution in [0.25, 0.3) is 0 Å². The normalized spacial score (nSPS) is 33.6. The van der Waals surface area contributed by atoms with Crippen LogP contribution in [0.5, 0.6) is 0 Å². The van der Waals surface area contributed by atoms with Gasteiger partial charge in [-0.25, -0.2) is 9.79 Å². The summed E-state index contributed by atoms with van der Waals surface area (Å²) in [5.41, 5.74) is 0.255. The van der Waals surface area contributed by atoms with Gasteiger partial charge in [-0.2, -0.15) is 0 Å². The van der Waals surface area contributed by atoms with Gasteiger partial charge >= 0.3 is 0 Å². The number of isocyanates is 1. The molecule has 0 heterocycles. The van der Waals surface area contributed by atoms with Crippen molar-refractivity contribution in [2.45, 2.75) is 53.0 Å². The van der Waals surface area contributed by atoms with Crippen LogP contribution in [0.2, 0.25) is 0 Å². The van der Waals surface area contributed by atoms with Crippen molar-refractivity contribution in [1.82, 2.24) is 0 Å². The number of carbonyl (C=O) groups excluding carboxylic acids is 1. The molecule has 0 aromatic carbocycles. The molecule has 0 bridgehead atoms. The van der Waals surface area contributed by atoms with E-state index in [9.17, 15) is 4.79 Å². The summed E-state index contributed by atoms with van der Waals surface area (Å²) in [4.78, 5) is 14.3. The Morgan fingerprint density at radius 1 is 1.29 bits per heavy atom. The summed E-state index contributed by atoms with van der Waals surface area (Å²) in [5, 5.41) is 0. The van der Waals surface area contributed by atoms with Gasteiger partial charge in [-0.15, -0.1) is 0 Å². The lowest BCUT2D eigenvalue weighted by molar-refractivity contribution is 0.130. The van der Waals surface area contributed by atoms with Crippen LogP contribution in [0.1, 0.15) is 47.0 Å². The fourth-order valence-corrected chi connectivity index (χ4v) is 2.57. The SMILES string of the molecule is C[C@@H]1CC[C@@H](C(C)(C)C)[C@H](N=C=O)C1. The molecule has 0 radical (unpaired) electrons. The predicted molar refractivity (Wildman–Crippen MR) is 57.9 cm³/mol. The molecule has 0 spiro atoms. The standard InChI is InChI=1S/C12H21NO/c1-9-5-6-10(12(2,3)4)11(7-9)13-8-14/h9-11H,5-7H2,1-4H3/t9-,10-,11-/m1/s1. The summed E-state index contributed by atoms with van der Waals surface area (Å²) >= 11 is 0. The van der Waals surface area contributed by atoms with Crippen LogP contribution in [0.3, 0.4) is 0 Å². The van der Waals surface area contributed by atoms with Crippen molar-refractivity contribution in [1.29, 1.82) is 0 Å². The van der Waals surface area contributed by atoms with Crippen LogP contribution in [-0.4, -0.2) is 12.1 Å². The van der Waals surface area contributed by atoms with Gasteiger partial charge in [0, 0.05) is 0 Å². The third-order valence-electron chi connectivity index (χ3n) is 3.41. The quantitative estimate of drug-likeness (QED) is 0.467. The summed E-state index contributed by atoms with van der Waals surface area (Å²) in [6, 6.07) is 0.205. The predicted octanol–water partition coefficient (Wildman–Crippen LogP) is 3.17. The third kappa shape index (κ3) is 2.68. The zero-order chi connectivity index (χ0) is 10.8. The fourth-order valence-electron chi connectivity index (χ4n) is 2.57. The third-order valence-corrected chi connectivity index (χ3v) is 3.41. The summed E-state index contributed by atoms with van der Waals surface area (Å²) < 4.78 is 0. The van der Waals surface area contributed by atoms with Gasteiger partial charge in [0.05, 0.1) is 6.04 Å². The Balaban J connectivity index is 2.77. The lowest BCUT2D eigenvalue weighted by Crippen LogP contribution is -2.36. The van der Waals surface area contributed by atoms with Gasteiger partial charge in [0.2, 0.25) is 6.08 Å². The average Bonchev–Trinajstić information content (AvgIpc) is 2.02. The lowest BCUT2D eigenvalue weighted by Gasteiger charge is -2.39. The minimum Gasteiger partial charge on any atom is -0.211 e. The van der Waals surface area contributed by atoms with E-state index in [4.69, 9.17) is 0 Å². The highest BCUT2D eigenvalue weighted by molar-refractivity contribution is 5.33. The Morgan fingerprint density at radius 3 is 2.43 bits per heavy atom. The fraction of sp³-hybridized carbons (Fsp3) is 0.917. The van der Waals surface area contributed by atoms with Gasteiger partial charge < -0.3 is 0 Å². The highest BCUT2D eigenvalue weighted by Gasteiger charge is 2.36. The average molecular weight is 195 g/mol. The molecule has 2 heteroatoms. The summed E-state index contributed by atoms with van der Waals surface area (Å²) in [7, 11) is 0. The second-order valence-electron chi connectivity index (χ2n) is 5.68. The van der Waals surface area contributed by atoms with Gasteiger partial charge in [0.15, 0.2) is 0 Å². The first-order valence-corrected chi connectivity index (χ1v) is 5.52. The molecule has 3 atom stereocenters. The molecule has 14 heavy (non-hydrogen) atoms. The van der Waals surface area contributed by atoms with Crippen LogP contribution >= 0.6 is 0 Å². The van der Waals surface area contributed by atoms with Crippen LogP contribution < -0.4 is 0 Å². The zero-order valence-corrected chi connectivity index (χ0v) is 9.71. The molecule has 0 aromatic heterocycles. The first kappa shape index (κ1) is 11.5. The van der Waals surface area contributed by atoms with Gasteiger partial charge in [0.25, 0.3) is 0 Å². The number of rotatable bonds is 1. The Labute approximate surface area is 86.8 Å². The van der Waals surface area contributed by atoms with E-state index >= 15 is 0 Å². The van der Waals surface area contributed by atoms with Crippen molar-refractivity contribution in [2.24, 2.45) is 22.2 Å². The van der Waals surface area contributed by atoms with Crippen LogP contribution in [0.4, 0.5) is 0 Å². The maximum Gasteiger partial charge on any atom is 0.235 e. The van der Waals surface area contributed by atoms with Gasteiger partial charge in [-0.1, -0.05) is 34.1 Å². The molecule has 0 amide bonds. The molecular formula is C12H21NO. The van der Waals surface area contributed by atoms with E-state index in [1.54, 1.807) is 6.08 Å². The molecular weight excluding hydrogens is 174 g/mol. The largest absolute Gasteiger partial charge is 0.235 e. The molecule has 0 N–H and O–H groups in total. The van der Waals surface area contributed by atoms with E-state index in [1.165, 1.54) is 12.8 Å². The van der Waals surface area contributed by atoms with E-state index in [0.29, 0.717) is 11.8 Å². The summed E-state index contributed by atoms with van der Waals surface area (Å²) in [6.07, 6.45) is 5.25. The van der Waals surface area contributed by atoms with Crippen molar-refractivity contribution in [3.63, 3.8) is 0 Å². The van der Waals surface area contributed by atoms with Gasteiger partial charge in [-0.3, -0.25) is 0 Å². The Kier molecular flexibility index (Phi) is 3.49. The van der Waals surface area contributed by atoms with Crippen molar-refractivity contribution in [3.05, 3.63) is 0 Å². The topological polar surface area (TPSA) is 29.4 Å². The molecule has 1 aliphatic carbocycles. The zero-order valence-electron chi connectivity index (χ0n) is 9.71. The number of hydrogen-bond acceptors (Lipinski definition) is 2. The van der Waals surface area contributed by atoms with Crippen molar-refractivity contribution >= 4 is 6.08 Å². The van der Waals surface area contributed by atoms with E-state index in [-0.39, 0.29) is 11.5 Å². The minimum absolute atomic E-state index is 0.205. The number of hydrogen-bond donors (Lipinski definition) is 0. The van der Waals surface area contributed by atoms with Crippen LogP contribution in [-0.2, 0) is 4.79 Å². The summed E-state index contributed by atoms with van der Waals surface area (Å²) in [5.74, 6) is 1.25. The van der Waals surface area contributed by atoms with E-state index in [2.05, 4.69) is 32.7 Å². The van der Waals surface area contributed by atoms with E-state index < -0.39 is 0 Å². The molecule has 80 valence electrons. The lowest BCUT2D eigenvalue weighted by atomic mass is 9.67. The Bertz CT molecular complexity index is 235. The second-order valence-corrected chi connectivity index (χ2v) is 5.68. The molecule has 1 rings (SSSR count). The smallest absolute Gasteiger partial charge is 0.211 e. The Hall–Kier alpha value is -0.620. The molecule has 2 nitrogen and oxygen atoms in total. The van der Waals surface area contributed by atoms with E-state index in [1.807, 2.05) is 0 Å². The molecule has 0 unspecified atom stereocenters. The molecule has 1 aliphatic rings. The maximum absolute atomic E-state index is 10.4. The van der Waals surface area contributed by atoms with Crippen molar-refractivity contribution in [3.8, 4) is 0 Å². The Morgan fingerprint density at radius 2 is 1.93 bits per heavy atom. The monoisotopic (exact) mass is 195 g/mol. The maximum atomic E-state index is 10.4. The highest BCUT2D eigenvalue weighted by Crippen LogP contribution is 2.41. The number of aliphatic imine (C=N–C) groups is 1. The highest BCUT2D eigenvalue weighted by atomic mass is 16.1. The van der Waals surface area contributed by atoms with Crippen LogP contribution in [0, 0.1) is 17.3 Å². The summed E-state index contributed by atoms with van der Waals surface area (Å²) in [6.45, 7) is 8.95. The molecule has 0 aromatic rings. The first-order valence-electron chi connectivity index (χ1n) is 5.52.